The first-order chi connectivity index (χ1) is 6.77. The number of hydrogen-bond donors (Lipinski definition) is 0. The van der Waals surface area contributed by atoms with E-state index in [1.165, 1.54) is 5.69 Å². The van der Waals surface area contributed by atoms with Gasteiger partial charge in [0.05, 0.1) is 0 Å². The van der Waals surface area contributed by atoms with Crippen LogP contribution in [0, 0.1) is 5.92 Å². The normalized spacial score (nSPS) is 22.5. The molecule has 0 amide bonds. The van der Waals surface area contributed by atoms with Gasteiger partial charge in [0.15, 0.2) is 0 Å². The van der Waals surface area contributed by atoms with E-state index in [4.69, 9.17) is 0 Å². The van der Waals surface area contributed by atoms with Crippen molar-refractivity contribution < 1.29 is 4.79 Å². The average molecular weight is 189 g/mol. The Labute approximate surface area is 84.5 Å². The fourth-order valence-corrected chi connectivity index (χ4v) is 1.89. The molecule has 1 aliphatic rings. The molecule has 0 bridgehead atoms. The SMILES string of the molecule is CC1CN(c2ccccc2)CCC1=O. The molecule has 2 nitrogen and oxygen atoms in total. The van der Waals surface area contributed by atoms with E-state index in [1.807, 2.05) is 25.1 Å². The number of carbonyl (C=O) groups is 1. The summed E-state index contributed by atoms with van der Waals surface area (Å²) >= 11 is 0. The Balaban J connectivity index is 2.11. The van der Waals surface area contributed by atoms with Crippen molar-refractivity contribution >= 4 is 11.5 Å². The van der Waals surface area contributed by atoms with Gasteiger partial charge in [-0.2, -0.15) is 0 Å². The molecule has 0 saturated carbocycles. The highest BCUT2D eigenvalue weighted by atomic mass is 16.1. The molecule has 1 atom stereocenters. The zero-order valence-electron chi connectivity index (χ0n) is 8.44. The quantitative estimate of drug-likeness (QED) is 0.674. The summed E-state index contributed by atoms with van der Waals surface area (Å²) in [6.45, 7) is 3.74. The first kappa shape index (κ1) is 9.25. The first-order valence-corrected chi connectivity index (χ1v) is 5.10. The van der Waals surface area contributed by atoms with Crippen LogP contribution in [-0.2, 0) is 4.79 Å². The van der Waals surface area contributed by atoms with Gasteiger partial charge in [0, 0.05) is 31.1 Å². The Kier molecular flexibility index (Phi) is 2.53. The van der Waals surface area contributed by atoms with Crippen LogP contribution in [0.5, 0.6) is 0 Å². The molecule has 2 rings (SSSR count). The molecule has 1 aromatic rings. The number of benzene rings is 1. The number of anilines is 1. The maximum atomic E-state index is 11.3. The molecule has 74 valence electrons. The maximum Gasteiger partial charge on any atom is 0.139 e. The molecule has 14 heavy (non-hydrogen) atoms. The van der Waals surface area contributed by atoms with Crippen molar-refractivity contribution in [1.82, 2.24) is 0 Å². The summed E-state index contributed by atoms with van der Waals surface area (Å²) in [7, 11) is 0. The van der Waals surface area contributed by atoms with Gasteiger partial charge in [-0.05, 0) is 12.1 Å². The first-order valence-electron chi connectivity index (χ1n) is 5.10. The third kappa shape index (κ3) is 1.79. The van der Waals surface area contributed by atoms with E-state index in [1.54, 1.807) is 0 Å². The number of Topliss-reactive ketones (excluding diaryl/α,β-unsaturated/α-hetero) is 1. The van der Waals surface area contributed by atoms with Crippen molar-refractivity contribution in [3.05, 3.63) is 30.3 Å². The predicted octanol–water partition coefficient (Wildman–Crippen LogP) is 2.10. The van der Waals surface area contributed by atoms with E-state index in [2.05, 4.69) is 17.0 Å². The van der Waals surface area contributed by atoms with Gasteiger partial charge < -0.3 is 4.90 Å². The third-order valence-corrected chi connectivity index (χ3v) is 2.79. The Morgan fingerprint density at radius 2 is 2.00 bits per heavy atom. The van der Waals surface area contributed by atoms with Crippen LogP contribution in [0.4, 0.5) is 5.69 Å². The summed E-state index contributed by atoms with van der Waals surface area (Å²) in [4.78, 5) is 13.6. The molecule has 1 saturated heterocycles. The van der Waals surface area contributed by atoms with E-state index >= 15 is 0 Å². The lowest BCUT2D eigenvalue weighted by molar-refractivity contribution is -0.122. The Morgan fingerprint density at radius 1 is 1.29 bits per heavy atom. The minimum absolute atomic E-state index is 0.184. The van der Waals surface area contributed by atoms with E-state index in [0.29, 0.717) is 12.2 Å². The van der Waals surface area contributed by atoms with E-state index in [-0.39, 0.29) is 5.92 Å². The van der Waals surface area contributed by atoms with Crippen LogP contribution in [0.2, 0.25) is 0 Å². The molecule has 1 aromatic carbocycles. The molecule has 1 heterocycles. The lowest BCUT2D eigenvalue weighted by Gasteiger charge is -2.31. The number of carbonyl (C=O) groups excluding carboxylic acids is 1. The Hall–Kier alpha value is -1.31. The summed E-state index contributed by atoms with van der Waals surface area (Å²) in [5.41, 5.74) is 1.23. The highest BCUT2D eigenvalue weighted by Crippen LogP contribution is 2.20. The van der Waals surface area contributed by atoms with Crippen LogP contribution in [0.15, 0.2) is 30.3 Å². The minimum Gasteiger partial charge on any atom is -0.370 e. The van der Waals surface area contributed by atoms with Crippen LogP contribution >= 0.6 is 0 Å². The highest BCUT2D eigenvalue weighted by molar-refractivity contribution is 5.83. The van der Waals surface area contributed by atoms with Crippen molar-refractivity contribution in [1.29, 1.82) is 0 Å². The van der Waals surface area contributed by atoms with Crippen molar-refractivity contribution in [2.45, 2.75) is 13.3 Å². The second kappa shape index (κ2) is 3.82. The van der Waals surface area contributed by atoms with Gasteiger partial charge in [-0.25, -0.2) is 0 Å². The molecular formula is C12H15NO. The molecule has 0 aliphatic carbocycles. The summed E-state index contributed by atoms with van der Waals surface area (Å²) in [5, 5.41) is 0. The zero-order chi connectivity index (χ0) is 9.97. The van der Waals surface area contributed by atoms with Crippen LogP contribution in [0.25, 0.3) is 0 Å². The highest BCUT2D eigenvalue weighted by Gasteiger charge is 2.23. The molecule has 0 N–H and O–H groups in total. The minimum atomic E-state index is 0.184. The maximum absolute atomic E-state index is 11.3. The van der Waals surface area contributed by atoms with Gasteiger partial charge in [-0.3, -0.25) is 4.79 Å². The second-order valence-electron chi connectivity index (χ2n) is 3.90. The molecule has 0 aromatic heterocycles. The molecule has 2 heteroatoms. The lowest BCUT2D eigenvalue weighted by atomic mass is 9.98. The van der Waals surface area contributed by atoms with Gasteiger partial charge in [-0.1, -0.05) is 25.1 Å². The number of rotatable bonds is 1. The molecule has 1 aliphatic heterocycles. The number of para-hydroxylation sites is 1. The molecule has 0 radical (unpaired) electrons. The van der Waals surface area contributed by atoms with Crippen LogP contribution in [0.1, 0.15) is 13.3 Å². The number of ketones is 1. The average Bonchev–Trinajstić information content (AvgIpc) is 2.23. The van der Waals surface area contributed by atoms with Crippen molar-refractivity contribution in [3.63, 3.8) is 0 Å². The zero-order valence-corrected chi connectivity index (χ0v) is 8.44. The number of nitrogens with zero attached hydrogens (tertiary/aromatic N) is 1. The third-order valence-electron chi connectivity index (χ3n) is 2.79. The fourth-order valence-electron chi connectivity index (χ4n) is 1.89. The molecule has 1 fully saturated rings. The van der Waals surface area contributed by atoms with Gasteiger partial charge in [0.2, 0.25) is 0 Å². The number of piperidine rings is 1. The molecular weight excluding hydrogens is 174 g/mol. The summed E-state index contributed by atoms with van der Waals surface area (Å²) < 4.78 is 0. The van der Waals surface area contributed by atoms with Gasteiger partial charge in [0.1, 0.15) is 5.78 Å². The number of hydrogen-bond acceptors (Lipinski definition) is 2. The van der Waals surface area contributed by atoms with Gasteiger partial charge in [0.25, 0.3) is 0 Å². The monoisotopic (exact) mass is 189 g/mol. The molecule has 0 spiro atoms. The standard InChI is InChI=1S/C12H15NO/c1-10-9-13(8-7-12(10)14)11-5-3-2-4-6-11/h2-6,10H,7-9H2,1H3. The van der Waals surface area contributed by atoms with Crippen LogP contribution in [-0.4, -0.2) is 18.9 Å². The molecule has 1 unspecified atom stereocenters. The fraction of sp³-hybridized carbons (Fsp3) is 0.417. The predicted molar refractivity (Wildman–Crippen MR) is 57.4 cm³/mol. The van der Waals surface area contributed by atoms with Crippen LogP contribution in [0.3, 0.4) is 0 Å². The summed E-state index contributed by atoms with van der Waals surface area (Å²) in [5.74, 6) is 0.584. The Bertz CT molecular complexity index is 320. The van der Waals surface area contributed by atoms with Crippen molar-refractivity contribution in [2.75, 3.05) is 18.0 Å². The van der Waals surface area contributed by atoms with Crippen molar-refractivity contribution in [3.8, 4) is 0 Å². The second-order valence-corrected chi connectivity index (χ2v) is 3.90. The van der Waals surface area contributed by atoms with E-state index < -0.39 is 0 Å². The summed E-state index contributed by atoms with van der Waals surface area (Å²) in [6.07, 6.45) is 0.691. The van der Waals surface area contributed by atoms with E-state index in [0.717, 1.165) is 13.1 Å². The van der Waals surface area contributed by atoms with Gasteiger partial charge in [-0.15, -0.1) is 0 Å². The van der Waals surface area contributed by atoms with Gasteiger partial charge >= 0.3 is 0 Å². The smallest absolute Gasteiger partial charge is 0.139 e. The Morgan fingerprint density at radius 3 is 2.64 bits per heavy atom. The topological polar surface area (TPSA) is 20.3 Å². The van der Waals surface area contributed by atoms with E-state index in [9.17, 15) is 4.79 Å². The largest absolute Gasteiger partial charge is 0.370 e. The lowest BCUT2D eigenvalue weighted by Crippen LogP contribution is -2.39. The summed E-state index contributed by atoms with van der Waals surface area (Å²) in [6, 6.07) is 10.3. The van der Waals surface area contributed by atoms with Crippen molar-refractivity contribution in [2.24, 2.45) is 5.92 Å². The van der Waals surface area contributed by atoms with Crippen LogP contribution < -0.4 is 4.90 Å².